The summed E-state index contributed by atoms with van der Waals surface area (Å²) in [7, 11) is 0. The van der Waals surface area contributed by atoms with Gasteiger partial charge in [-0.15, -0.1) is 0 Å². The normalized spacial score (nSPS) is 14.5. The van der Waals surface area contributed by atoms with Crippen molar-refractivity contribution >= 4 is 11.3 Å². The van der Waals surface area contributed by atoms with Crippen molar-refractivity contribution in [3.8, 4) is 0 Å². The van der Waals surface area contributed by atoms with Crippen LogP contribution in [-0.2, 0) is 4.74 Å². The van der Waals surface area contributed by atoms with E-state index >= 15 is 0 Å². The number of aliphatic hydroxyl groups is 1. The lowest BCUT2D eigenvalue weighted by Crippen LogP contribution is -2.32. The molecule has 0 radical (unpaired) electrons. The van der Waals surface area contributed by atoms with Crippen LogP contribution in [0.2, 0.25) is 0 Å². The van der Waals surface area contributed by atoms with Gasteiger partial charge in [-0.25, -0.2) is 0 Å². The molecule has 0 aromatic carbocycles. The third kappa shape index (κ3) is 7.67. The Bertz CT molecular complexity index is 303. The summed E-state index contributed by atoms with van der Waals surface area (Å²) in [6.45, 7) is 6.07. The van der Waals surface area contributed by atoms with Crippen molar-refractivity contribution < 1.29 is 9.84 Å². The molecule has 0 saturated carbocycles. The molecular formula is C15H27NO2S. The van der Waals surface area contributed by atoms with Gasteiger partial charge in [-0.05, 0) is 35.7 Å². The molecule has 19 heavy (non-hydrogen) atoms. The molecule has 0 amide bonds. The number of unbranched alkanes of at least 4 members (excludes halogenated alkanes) is 3. The molecule has 1 heterocycles. The lowest BCUT2D eigenvalue weighted by molar-refractivity contribution is 0.0344. The highest BCUT2D eigenvalue weighted by Crippen LogP contribution is 2.15. The Morgan fingerprint density at radius 1 is 1.37 bits per heavy atom. The Kier molecular flexibility index (Phi) is 9.08. The van der Waals surface area contributed by atoms with E-state index in [2.05, 4.69) is 36.0 Å². The van der Waals surface area contributed by atoms with Crippen molar-refractivity contribution in [1.82, 2.24) is 5.32 Å². The molecule has 2 N–H and O–H groups in total. The van der Waals surface area contributed by atoms with Crippen LogP contribution in [-0.4, -0.2) is 31.0 Å². The summed E-state index contributed by atoms with van der Waals surface area (Å²) in [4.78, 5) is 0. The quantitative estimate of drug-likeness (QED) is 0.613. The van der Waals surface area contributed by atoms with Crippen LogP contribution < -0.4 is 5.32 Å². The molecule has 1 aromatic heterocycles. The lowest BCUT2D eigenvalue weighted by atomic mass is 10.2. The summed E-state index contributed by atoms with van der Waals surface area (Å²) in [6.07, 6.45) is 4.41. The van der Waals surface area contributed by atoms with Crippen molar-refractivity contribution in [2.75, 3.05) is 19.8 Å². The molecule has 0 saturated heterocycles. The lowest BCUT2D eigenvalue weighted by Gasteiger charge is -2.16. The largest absolute Gasteiger partial charge is 0.389 e. The van der Waals surface area contributed by atoms with Gasteiger partial charge in [0.15, 0.2) is 0 Å². The second-order valence-electron chi connectivity index (χ2n) is 4.98. The zero-order valence-corrected chi connectivity index (χ0v) is 12.9. The first-order valence-electron chi connectivity index (χ1n) is 7.25. The molecule has 0 aliphatic carbocycles. The molecule has 3 nitrogen and oxygen atoms in total. The predicted octanol–water partition coefficient (Wildman–Crippen LogP) is 3.36. The van der Waals surface area contributed by atoms with Crippen molar-refractivity contribution in [3.05, 3.63) is 22.4 Å². The Balaban J connectivity index is 2.00. The third-order valence-electron chi connectivity index (χ3n) is 3.16. The predicted molar refractivity (Wildman–Crippen MR) is 81.7 cm³/mol. The number of hydrogen-bond acceptors (Lipinski definition) is 4. The molecule has 0 aliphatic rings. The number of rotatable bonds is 11. The Morgan fingerprint density at radius 2 is 2.21 bits per heavy atom. The monoisotopic (exact) mass is 285 g/mol. The maximum Gasteiger partial charge on any atom is 0.0897 e. The topological polar surface area (TPSA) is 41.5 Å². The van der Waals surface area contributed by atoms with E-state index in [4.69, 9.17) is 4.74 Å². The maximum atomic E-state index is 9.81. The van der Waals surface area contributed by atoms with E-state index in [0.717, 1.165) is 13.0 Å². The molecule has 2 atom stereocenters. The summed E-state index contributed by atoms with van der Waals surface area (Å²) < 4.78 is 5.48. The molecule has 1 rings (SSSR count). The Morgan fingerprint density at radius 3 is 2.89 bits per heavy atom. The van der Waals surface area contributed by atoms with Gasteiger partial charge < -0.3 is 15.2 Å². The Labute approximate surface area is 121 Å². The van der Waals surface area contributed by atoms with E-state index in [-0.39, 0.29) is 6.04 Å². The fraction of sp³-hybridized carbons (Fsp3) is 0.733. The number of aliphatic hydroxyl groups excluding tert-OH is 1. The molecule has 0 fully saturated rings. The zero-order valence-electron chi connectivity index (χ0n) is 12.1. The van der Waals surface area contributed by atoms with Gasteiger partial charge in [-0.3, -0.25) is 0 Å². The summed E-state index contributed by atoms with van der Waals surface area (Å²) in [6, 6.07) is 2.39. The minimum Gasteiger partial charge on any atom is -0.389 e. The molecule has 1 aromatic rings. The van der Waals surface area contributed by atoms with Gasteiger partial charge in [0.05, 0.1) is 12.7 Å². The second kappa shape index (κ2) is 10.4. The number of hydrogen-bond donors (Lipinski definition) is 2. The van der Waals surface area contributed by atoms with Crippen LogP contribution in [0.4, 0.5) is 0 Å². The second-order valence-corrected chi connectivity index (χ2v) is 5.76. The SMILES string of the molecule is CCCCCCOCC(O)CNC(C)c1ccsc1. The van der Waals surface area contributed by atoms with Crippen molar-refractivity contribution in [2.45, 2.75) is 51.7 Å². The van der Waals surface area contributed by atoms with Crippen LogP contribution in [0.15, 0.2) is 16.8 Å². The van der Waals surface area contributed by atoms with E-state index in [1.165, 1.54) is 24.8 Å². The van der Waals surface area contributed by atoms with Gasteiger partial charge >= 0.3 is 0 Å². The fourth-order valence-corrected chi connectivity index (χ4v) is 2.62. The van der Waals surface area contributed by atoms with Crippen LogP contribution in [0, 0.1) is 0 Å². The minimum absolute atomic E-state index is 0.283. The maximum absolute atomic E-state index is 9.81. The third-order valence-corrected chi connectivity index (χ3v) is 3.86. The smallest absolute Gasteiger partial charge is 0.0897 e. The molecule has 110 valence electrons. The Hall–Kier alpha value is -0.420. The highest BCUT2D eigenvalue weighted by Gasteiger charge is 2.09. The van der Waals surface area contributed by atoms with Gasteiger partial charge in [-0.2, -0.15) is 11.3 Å². The van der Waals surface area contributed by atoms with Crippen LogP contribution >= 0.6 is 11.3 Å². The van der Waals surface area contributed by atoms with E-state index in [1.807, 2.05) is 0 Å². The standard InChI is InChI=1S/C15H27NO2S/c1-3-4-5-6-8-18-11-15(17)10-16-13(2)14-7-9-19-12-14/h7,9,12-13,15-17H,3-6,8,10-11H2,1-2H3. The highest BCUT2D eigenvalue weighted by atomic mass is 32.1. The summed E-state index contributed by atoms with van der Waals surface area (Å²) in [5.74, 6) is 0. The molecular weight excluding hydrogens is 258 g/mol. The number of ether oxygens (including phenoxy) is 1. The zero-order chi connectivity index (χ0) is 13.9. The minimum atomic E-state index is -0.424. The van der Waals surface area contributed by atoms with Crippen molar-refractivity contribution in [3.63, 3.8) is 0 Å². The number of thiophene rings is 1. The average Bonchev–Trinajstić information content (AvgIpc) is 2.94. The van der Waals surface area contributed by atoms with Gasteiger partial charge in [-0.1, -0.05) is 26.2 Å². The van der Waals surface area contributed by atoms with Crippen molar-refractivity contribution in [2.24, 2.45) is 0 Å². The van der Waals surface area contributed by atoms with Crippen molar-refractivity contribution in [1.29, 1.82) is 0 Å². The summed E-state index contributed by atoms with van der Waals surface area (Å²) in [5.41, 5.74) is 1.28. The van der Waals surface area contributed by atoms with E-state index in [1.54, 1.807) is 11.3 Å². The first-order valence-corrected chi connectivity index (χ1v) is 8.19. The van der Waals surface area contributed by atoms with Gasteiger partial charge in [0.25, 0.3) is 0 Å². The molecule has 0 bridgehead atoms. The van der Waals surface area contributed by atoms with Crippen LogP contribution in [0.5, 0.6) is 0 Å². The molecule has 2 unspecified atom stereocenters. The van der Waals surface area contributed by atoms with Gasteiger partial charge in [0.2, 0.25) is 0 Å². The summed E-state index contributed by atoms with van der Waals surface area (Å²) >= 11 is 1.70. The summed E-state index contributed by atoms with van der Waals surface area (Å²) in [5, 5.41) is 17.3. The van der Waals surface area contributed by atoms with Gasteiger partial charge in [0, 0.05) is 19.2 Å². The van der Waals surface area contributed by atoms with Crippen LogP contribution in [0.25, 0.3) is 0 Å². The number of nitrogens with one attached hydrogen (secondary N) is 1. The highest BCUT2D eigenvalue weighted by molar-refractivity contribution is 7.07. The fourth-order valence-electron chi connectivity index (χ4n) is 1.86. The molecule has 4 heteroatoms. The first-order chi connectivity index (χ1) is 9.24. The average molecular weight is 285 g/mol. The van der Waals surface area contributed by atoms with Crippen LogP contribution in [0.3, 0.4) is 0 Å². The van der Waals surface area contributed by atoms with E-state index in [0.29, 0.717) is 13.2 Å². The van der Waals surface area contributed by atoms with Gasteiger partial charge in [0.1, 0.15) is 0 Å². The molecule has 0 spiro atoms. The van der Waals surface area contributed by atoms with Crippen LogP contribution in [0.1, 0.15) is 51.1 Å². The van der Waals surface area contributed by atoms with E-state index in [9.17, 15) is 5.11 Å². The van der Waals surface area contributed by atoms with E-state index < -0.39 is 6.10 Å². The first kappa shape index (κ1) is 16.6. The molecule has 0 aliphatic heterocycles.